The summed E-state index contributed by atoms with van der Waals surface area (Å²) in [6, 6.07) is 4.96. The third-order valence-electron chi connectivity index (χ3n) is 3.10. The molecular formula is C13H16ClN3O3S. The number of benzene rings is 1. The van der Waals surface area contributed by atoms with E-state index in [-0.39, 0.29) is 17.2 Å². The summed E-state index contributed by atoms with van der Waals surface area (Å²) < 4.78 is 31.3. The monoisotopic (exact) mass is 329 g/mol. The molecule has 6 nitrogen and oxygen atoms in total. The van der Waals surface area contributed by atoms with Gasteiger partial charge in [0.2, 0.25) is 10.0 Å². The van der Waals surface area contributed by atoms with Gasteiger partial charge >= 0.3 is 0 Å². The molecule has 1 aromatic carbocycles. The number of aromatic nitrogens is 1. The average Bonchev–Trinajstić information content (AvgIpc) is 2.73. The lowest BCUT2D eigenvalue weighted by Gasteiger charge is -2.18. The van der Waals surface area contributed by atoms with E-state index in [2.05, 4.69) is 5.16 Å². The second-order valence-corrected chi connectivity index (χ2v) is 7.15. The van der Waals surface area contributed by atoms with Gasteiger partial charge in [-0.2, -0.15) is 4.31 Å². The fourth-order valence-corrected chi connectivity index (χ4v) is 3.65. The van der Waals surface area contributed by atoms with Gasteiger partial charge in [0, 0.05) is 24.3 Å². The van der Waals surface area contributed by atoms with Crippen molar-refractivity contribution in [1.82, 2.24) is 9.46 Å². The largest absolute Gasteiger partial charge is 0.399 e. The van der Waals surface area contributed by atoms with Gasteiger partial charge in [0.15, 0.2) is 5.76 Å². The Bertz CT molecular complexity index is 751. The first-order valence-corrected chi connectivity index (χ1v) is 7.98. The van der Waals surface area contributed by atoms with Crippen molar-refractivity contribution in [3.63, 3.8) is 0 Å². The minimum atomic E-state index is -3.71. The number of anilines is 1. The highest BCUT2D eigenvalue weighted by atomic mass is 35.5. The molecule has 0 unspecified atom stereocenters. The summed E-state index contributed by atoms with van der Waals surface area (Å²) in [5.41, 5.74) is 7.19. The Morgan fingerprint density at radius 3 is 2.62 bits per heavy atom. The molecule has 1 heterocycles. The van der Waals surface area contributed by atoms with Crippen LogP contribution in [-0.2, 0) is 16.6 Å². The molecule has 0 aliphatic rings. The highest BCUT2D eigenvalue weighted by Crippen LogP contribution is 2.26. The van der Waals surface area contributed by atoms with Crippen molar-refractivity contribution in [3.05, 3.63) is 40.2 Å². The quantitative estimate of drug-likeness (QED) is 0.870. The number of sulfonamides is 1. The Balaban J connectivity index is 2.36. The number of rotatable bonds is 4. The van der Waals surface area contributed by atoms with E-state index in [1.165, 1.54) is 11.4 Å². The van der Waals surface area contributed by atoms with Gasteiger partial charge in [0.1, 0.15) is 10.6 Å². The molecule has 0 fully saturated rings. The molecule has 1 aromatic heterocycles. The average molecular weight is 330 g/mol. The maximum absolute atomic E-state index is 12.6. The highest BCUT2D eigenvalue weighted by Gasteiger charge is 2.28. The molecule has 0 bridgehead atoms. The molecule has 0 radical (unpaired) electrons. The van der Waals surface area contributed by atoms with Crippen molar-refractivity contribution < 1.29 is 12.9 Å². The first-order valence-electron chi connectivity index (χ1n) is 6.16. The summed E-state index contributed by atoms with van der Waals surface area (Å²) in [5, 5.41) is 4.14. The zero-order chi connectivity index (χ0) is 15.8. The Hall–Kier alpha value is -1.57. The molecule has 114 valence electrons. The molecule has 21 heavy (non-hydrogen) atoms. The smallest absolute Gasteiger partial charge is 0.248 e. The molecule has 0 amide bonds. The van der Waals surface area contributed by atoms with Crippen LogP contribution in [0, 0.1) is 13.8 Å². The fourth-order valence-electron chi connectivity index (χ4n) is 2.04. The predicted octanol–water partition coefficient (Wildman–Crippen LogP) is 2.35. The first-order chi connectivity index (χ1) is 9.73. The number of halogens is 1. The SMILES string of the molecule is Cc1noc(C)c1S(=O)(=O)N(C)Cc1cc(N)ccc1Cl. The topological polar surface area (TPSA) is 89.4 Å². The molecule has 2 aromatic rings. The van der Waals surface area contributed by atoms with E-state index in [1.807, 2.05) is 0 Å². The van der Waals surface area contributed by atoms with Crippen LogP contribution in [0.1, 0.15) is 17.0 Å². The first kappa shape index (κ1) is 15.8. The van der Waals surface area contributed by atoms with E-state index in [9.17, 15) is 8.42 Å². The van der Waals surface area contributed by atoms with Crippen LogP contribution in [-0.4, -0.2) is 24.9 Å². The van der Waals surface area contributed by atoms with Gasteiger partial charge in [0.25, 0.3) is 0 Å². The van der Waals surface area contributed by atoms with Crippen LogP contribution in [0.15, 0.2) is 27.6 Å². The number of nitrogen functional groups attached to an aromatic ring is 1. The minimum absolute atomic E-state index is 0.0880. The van der Waals surface area contributed by atoms with Crippen molar-refractivity contribution in [1.29, 1.82) is 0 Å². The molecule has 8 heteroatoms. The number of nitrogens with two attached hydrogens (primary N) is 1. The summed E-state index contributed by atoms with van der Waals surface area (Å²) >= 11 is 6.07. The van der Waals surface area contributed by atoms with Gasteiger partial charge in [-0.15, -0.1) is 0 Å². The van der Waals surface area contributed by atoms with Gasteiger partial charge in [0.05, 0.1) is 0 Å². The van der Waals surface area contributed by atoms with Crippen molar-refractivity contribution in [2.75, 3.05) is 12.8 Å². The van der Waals surface area contributed by atoms with Crippen LogP contribution in [0.5, 0.6) is 0 Å². The number of hydrogen-bond acceptors (Lipinski definition) is 5. The van der Waals surface area contributed by atoms with Gasteiger partial charge in [-0.05, 0) is 37.6 Å². The highest BCUT2D eigenvalue weighted by molar-refractivity contribution is 7.89. The molecular weight excluding hydrogens is 314 g/mol. The third kappa shape index (κ3) is 3.04. The van der Waals surface area contributed by atoms with Gasteiger partial charge in [-0.25, -0.2) is 8.42 Å². The van der Waals surface area contributed by atoms with E-state index < -0.39 is 10.0 Å². The van der Waals surface area contributed by atoms with E-state index in [1.54, 1.807) is 32.0 Å². The zero-order valence-electron chi connectivity index (χ0n) is 11.9. The molecule has 0 spiro atoms. The standard InChI is InChI=1S/C13H16ClN3O3S/c1-8-13(9(2)20-16-8)21(18,19)17(3)7-10-6-11(15)4-5-12(10)14/h4-6H,7,15H2,1-3H3. The Morgan fingerprint density at radius 2 is 2.05 bits per heavy atom. The third-order valence-corrected chi connectivity index (χ3v) is 5.52. The zero-order valence-corrected chi connectivity index (χ0v) is 13.5. The van der Waals surface area contributed by atoms with E-state index >= 15 is 0 Å². The van der Waals surface area contributed by atoms with E-state index in [4.69, 9.17) is 21.9 Å². The van der Waals surface area contributed by atoms with Gasteiger partial charge in [-0.1, -0.05) is 16.8 Å². The van der Waals surface area contributed by atoms with Crippen molar-refractivity contribution >= 4 is 27.3 Å². The number of aryl methyl sites for hydroxylation is 2. The summed E-state index contributed by atoms with van der Waals surface area (Å²) in [6.07, 6.45) is 0. The van der Waals surface area contributed by atoms with Crippen LogP contribution in [0.4, 0.5) is 5.69 Å². The molecule has 0 aliphatic carbocycles. The summed E-state index contributed by atoms with van der Waals surface area (Å²) in [7, 11) is -2.23. The van der Waals surface area contributed by atoms with Crippen LogP contribution in [0.25, 0.3) is 0 Å². The fraction of sp³-hybridized carbons (Fsp3) is 0.308. The Kier molecular flexibility index (Phi) is 4.27. The van der Waals surface area contributed by atoms with Crippen LogP contribution in [0.2, 0.25) is 5.02 Å². The second kappa shape index (κ2) is 5.67. The number of nitrogens with zero attached hydrogens (tertiary/aromatic N) is 2. The Morgan fingerprint density at radius 1 is 1.38 bits per heavy atom. The van der Waals surface area contributed by atoms with Crippen LogP contribution < -0.4 is 5.73 Å². The van der Waals surface area contributed by atoms with Gasteiger partial charge < -0.3 is 10.3 Å². The molecule has 0 aliphatic heterocycles. The summed E-state index contributed by atoms with van der Waals surface area (Å²) in [6.45, 7) is 3.26. The molecule has 0 saturated heterocycles. The molecule has 0 saturated carbocycles. The van der Waals surface area contributed by atoms with E-state index in [0.717, 1.165) is 0 Å². The molecule has 0 atom stereocenters. The molecule has 2 N–H and O–H groups in total. The van der Waals surface area contributed by atoms with Gasteiger partial charge in [-0.3, -0.25) is 0 Å². The Labute approximate surface area is 128 Å². The summed E-state index contributed by atoms with van der Waals surface area (Å²) in [5.74, 6) is 0.262. The van der Waals surface area contributed by atoms with E-state index in [0.29, 0.717) is 22.0 Å². The lowest BCUT2D eigenvalue weighted by Crippen LogP contribution is -2.27. The van der Waals surface area contributed by atoms with Crippen molar-refractivity contribution in [3.8, 4) is 0 Å². The second-order valence-electron chi connectivity index (χ2n) is 4.77. The normalized spacial score (nSPS) is 12.0. The summed E-state index contributed by atoms with van der Waals surface area (Å²) in [4.78, 5) is 0.0880. The lowest BCUT2D eigenvalue weighted by atomic mass is 10.2. The van der Waals surface area contributed by atoms with Crippen molar-refractivity contribution in [2.24, 2.45) is 0 Å². The maximum atomic E-state index is 12.6. The van der Waals surface area contributed by atoms with Crippen LogP contribution in [0.3, 0.4) is 0 Å². The number of hydrogen-bond donors (Lipinski definition) is 1. The van der Waals surface area contributed by atoms with Crippen molar-refractivity contribution in [2.45, 2.75) is 25.3 Å². The minimum Gasteiger partial charge on any atom is -0.399 e. The lowest BCUT2D eigenvalue weighted by molar-refractivity contribution is 0.389. The van der Waals surface area contributed by atoms with Crippen LogP contribution >= 0.6 is 11.6 Å². The predicted molar refractivity (Wildman–Crippen MR) is 80.5 cm³/mol. The maximum Gasteiger partial charge on any atom is 0.248 e. The molecule has 2 rings (SSSR count).